The predicted molar refractivity (Wildman–Crippen MR) is 106 cm³/mol. The van der Waals surface area contributed by atoms with Gasteiger partial charge in [-0.3, -0.25) is 9.78 Å². The fourth-order valence-electron chi connectivity index (χ4n) is 3.22. The van der Waals surface area contributed by atoms with Crippen molar-refractivity contribution in [3.05, 3.63) is 89.2 Å². The fraction of sp³-hybridized carbons (Fsp3) is 0.217. The smallest absolute Gasteiger partial charge is 0.254 e. The lowest BCUT2D eigenvalue weighted by Crippen LogP contribution is -2.30. The van der Waals surface area contributed by atoms with Gasteiger partial charge < -0.3 is 14.4 Å². The van der Waals surface area contributed by atoms with Gasteiger partial charge in [0.25, 0.3) is 5.91 Å². The molecule has 0 unspecified atom stereocenters. The monoisotopic (exact) mass is 374 g/mol. The Morgan fingerprint density at radius 3 is 2.46 bits per heavy atom. The van der Waals surface area contributed by atoms with E-state index < -0.39 is 0 Å². The van der Waals surface area contributed by atoms with Crippen molar-refractivity contribution in [2.45, 2.75) is 26.4 Å². The van der Waals surface area contributed by atoms with E-state index in [1.807, 2.05) is 17.0 Å². The van der Waals surface area contributed by atoms with E-state index in [9.17, 15) is 4.79 Å². The summed E-state index contributed by atoms with van der Waals surface area (Å²) in [6.07, 6.45) is 4.52. The van der Waals surface area contributed by atoms with Gasteiger partial charge in [0.05, 0.1) is 0 Å². The van der Waals surface area contributed by atoms with Crippen LogP contribution in [-0.2, 0) is 19.5 Å². The normalized spacial score (nSPS) is 12.0. The van der Waals surface area contributed by atoms with Crippen molar-refractivity contribution in [1.29, 1.82) is 0 Å². The predicted octanol–water partition coefficient (Wildman–Crippen LogP) is 4.22. The number of nitrogens with zero attached hydrogens (tertiary/aromatic N) is 2. The standard InChI is InChI=1S/C23H22N2O3/c1-2-17-5-7-18(8-6-17)14-25(15-19-4-3-11-24-13-19)23(26)20-9-10-21-22(12-20)28-16-27-21/h3-13H,2,14-16H2,1H3. The molecule has 0 N–H and O–H groups in total. The van der Waals surface area contributed by atoms with E-state index in [4.69, 9.17) is 9.47 Å². The van der Waals surface area contributed by atoms with Gasteiger partial charge in [0, 0.05) is 31.0 Å². The second kappa shape index (κ2) is 8.13. The number of aromatic nitrogens is 1. The molecule has 2 heterocycles. The van der Waals surface area contributed by atoms with Crippen LogP contribution in [0.15, 0.2) is 67.0 Å². The van der Waals surface area contributed by atoms with Crippen molar-refractivity contribution in [2.75, 3.05) is 6.79 Å². The molecule has 5 heteroatoms. The van der Waals surface area contributed by atoms with Crippen LogP contribution in [0.5, 0.6) is 11.5 Å². The summed E-state index contributed by atoms with van der Waals surface area (Å²) in [5.74, 6) is 1.23. The van der Waals surface area contributed by atoms with Crippen LogP contribution in [0.1, 0.15) is 34.0 Å². The molecule has 1 aromatic heterocycles. The van der Waals surface area contributed by atoms with Gasteiger partial charge in [0.1, 0.15) is 0 Å². The molecule has 0 spiro atoms. The molecule has 0 atom stereocenters. The Morgan fingerprint density at radius 1 is 0.964 bits per heavy atom. The van der Waals surface area contributed by atoms with Crippen LogP contribution in [-0.4, -0.2) is 22.6 Å². The van der Waals surface area contributed by atoms with Crippen LogP contribution < -0.4 is 9.47 Å². The molecule has 5 nitrogen and oxygen atoms in total. The number of amides is 1. The van der Waals surface area contributed by atoms with Crippen molar-refractivity contribution in [3.8, 4) is 11.5 Å². The number of fused-ring (bicyclic) bond motifs is 1. The molecule has 0 fully saturated rings. The first kappa shape index (κ1) is 18.0. The maximum Gasteiger partial charge on any atom is 0.254 e. The lowest BCUT2D eigenvalue weighted by Gasteiger charge is -2.23. The molecule has 1 aliphatic rings. The largest absolute Gasteiger partial charge is 0.454 e. The molecular formula is C23H22N2O3. The fourth-order valence-corrected chi connectivity index (χ4v) is 3.22. The highest BCUT2D eigenvalue weighted by Crippen LogP contribution is 2.33. The Kier molecular flexibility index (Phi) is 5.24. The Labute approximate surface area is 164 Å². The minimum absolute atomic E-state index is 0.0540. The van der Waals surface area contributed by atoms with Gasteiger partial charge >= 0.3 is 0 Å². The number of benzene rings is 2. The summed E-state index contributed by atoms with van der Waals surface area (Å²) in [5.41, 5.74) is 3.94. The third-order valence-corrected chi connectivity index (χ3v) is 4.81. The Balaban J connectivity index is 1.60. The topological polar surface area (TPSA) is 51.7 Å². The number of aryl methyl sites for hydroxylation is 1. The quantitative estimate of drug-likeness (QED) is 0.648. The first-order valence-electron chi connectivity index (χ1n) is 9.38. The summed E-state index contributed by atoms with van der Waals surface area (Å²) in [4.78, 5) is 19.3. The average Bonchev–Trinajstić information content (AvgIpc) is 3.22. The average molecular weight is 374 g/mol. The van der Waals surface area contributed by atoms with E-state index >= 15 is 0 Å². The molecule has 4 rings (SSSR count). The molecule has 2 aromatic carbocycles. The Morgan fingerprint density at radius 2 is 1.71 bits per heavy atom. The van der Waals surface area contributed by atoms with Crippen molar-refractivity contribution in [2.24, 2.45) is 0 Å². The first-order valence-corrected chi connectivity index (χ1v) is 9.38. The summed E-state index contributed by atoms with van der Waals surface area (Å²) < 4.78 is 10.8. The molecule has 0 aliphatic carbocycles. The number of carbonyl (C=O) groups excluding carboxylic acids is 1. The lowest BCUT2D eigenvalue weighted by atomic mass is 10.1. The van der Waals surface area contributed by atoms with Crippen LogP contribution in [0.2, 0.25) is 0 Å². The van der Waals surface area contributed by atoms with Crippen LogP contribution in [0.3, 0.4) is 0 Å². The zero-order valence-electron chi connectivity index (χ0n) is 15.8. The molecule has 1 aliphatic heterocycles. The highest BCUT2D eigenvalue weighted by Gasteiger charge is 2.21. The number of carbonyl (C=O) groups is 1. The SMILES string of the molecule is CCc1ccc(CN(Cc2cccnc2)C(=O)c2ccc3c(c2)OCO3)cc1. The van der Waals surface area contributed by atoms with Crippen molar-refractivity contribution in [1.82, 2.24) is 9.88 Å². The highest BCUT2D eigenvalue weighted by atomic mass is 16.7. The summed E-state index contributed by atoms with van der Waals surface area (Å²) in [6, 6.07) is 17.6. The third-order valence-electron chi connectivity index (χ3n) is 4.81. The van der Waals surface area contributed by atoms with Gasteiger partial charge in [-0.15, -0.1) is 0 Å². The molecule has 0 saturated heterocycles. The minimum Gasteiger partial charge on any atom is -0.454 e. The van der Waals surface area contributed by atoms with Gasteiger partial charge in [-0.25, -0.2) is 0 Å². The number of hydrogen-bond donors (Lipinski definition) is 0. The van der Waals surface area contributed by atoms with E-state index in [1.54, 1.807) is 30.6 Å². The summed E-state index contributed by atoms with van der Waals surface area (Å²) >= 11 is 0. The maximum absolute atomic E-state index is 13.3. The maximum atomic E-state index is 13.3. The van der Waals surface area contributed by atoms with Gasteiger partial charge in [-0.05, 0) is 47.4 Å². The molecule has 142 valence electrons. The molecule has 0 radical (unpaired) electrons. The summed E-state index contributed by atoms with van der Waals surface area (Å²) in [5, 5.41) is 0. The molecule has 1 amide bonds. The molecule has 0 bridgehead atoms. The third kappa shape index (κ3) is 3.98. The zero-order valence-corrected chi connectivity index (χ0v) is 15.8. The van der Waals surface area contributed by atoms with Gasteiger partial charge in [0.15, 0.2) is 11.5 Å². The van der Waals surface area contributed by atoms with Gasteiger partial charge in [-0.1, -0.05) is 37.3 Å². The van der Waals surface area contributed by atoms with Crippen molar-refractivity contribution < 1.29 is 14.3 Å². The molecule has 3 aromatic rings. The Hall–Kier alpha value is -3.34. The summed E-state index contributed by atoms with van der Waals surface area (Å²) in [7, 11) is 0. The minimum atomic E-state index is -0.0540. The van der Waals surface area contributed by atoms with E-state index in [-0.39, 0.29) is 12.7 Å². The van der Waals surface area contributed by atoms with Crippen LogP contribution in [0, 0.1) is 0 Å². The second-order valence-corrected chi connectivity index (χ2v) is 6.76. The summed E-state index contributed by atoms with van der Waals surface area (Å²) in [6.45, 7) is 3.33. The van der Waals surface area contributed by atoms with E-state index in [2.05, 4.69) is 36.2 Å². The number of rotatable bonds is 6. The molecule has 0 saturated carbocycles. The second-order valence-electron chi connectivity index (χ2n) is 6.76. The number of ether oxygens (including phenoxy) is 2. The molecular weight excluding hydrogens is 352 g/mol. The molecule has 28 heavy (non-hydrogen) atoms. The van der Waals surface area contributed by atoms with Crippen LogP contribution >= 0.6 is 0 Å². The van der Waals surface area contributed by atoms with Crippen molar-refractivity contribution in [3.63, 3.8) is 0 Å². The van der Waals surface area contributed by atoms with Gasteiger partial charge in [-0.2, -0.15) is 0 Å². The first-order chi connectivity index (χ1) is 13.7. The van der Waals surface area contributed by atoms with E-state index in [0.29, 0.717) is 30.2 Å². The zero-order chi connectivity index (χ0) is 19.3. The number of pyridine rings is 1. The van der Waals surface area contributed by atoms with Crippen LogP contribution in [0.4, 0.5) is 0 Å². The lowest BCUT2D eigenvalue weighted by molar-refractivity contribution is 0.0729. The van der Waals surface area contributed by atoms with E-state index in [1.165, 1.54) is 5.56 Å². The van der Waals surface area contributed by atoms with Crippen molar-refractivity contribution >= 4 is 5.91 Å². The number of hydrogen-bond acceptors (Lipinski definition) is 4. The highest BCUT2D eigenvalue weighted by molar-refractivity contribution is 5.95. The van der Waals surface area contributed by atoms with Gasteiger partial charge in [0.2, 0.25) is 6.79 Å². The van der Waals surface area contributed by atoms with E-state index in [0.717, 1.165) is 17.5 Å². The Bertz CT molecular complexity index is 955. The van der Waals surface area contributed by atoms with Crippen LogP contribution in [0.25, 0.3) is 0 Å².